The van der Waals surface area contributed by atoms with Gasteiger partial charge in [0.05, 0.1) is 0 Å². The summed E-state index contributed by atoms with van der Waals surface area (Å²) in [6, 6.07) is 6.88. The minimum absolute atomic E-state index is 0.170. The van der Waals surface area contributed by atoms with E-state index in [1.807, 2.05) is 6.26 Å². The molecule has 0 saturated heterocycles. The number of halogens is 3. The molecule has 32 heavy (non-hydrogen) atoms. The number of pyridine rings is 1. The number of carbonyl (C=O) groups excluding carboxylic acids is 1. The van der Waals surface area contributed by atoms with Crippen LogP contribution < -0.4 is 10.3 Å². The van der Waals surface area contributed by atoms with Gasteiger partial charge in [0.25, 0.3) is 11.5 Å². The Morgan fingerprint density at radius 2 is 1.97 bits per heavy atom. The van der Waals surface area contributed by atoms with Gasteiger partial charge in [0.1, 0.15) is 15.8 Å². The maximum absolute atomic E-state index is 12.9. The predicted octanol–water partition coefficient (Wildman–Crippen LogP) is 4.33. The van der Waals surface area contributed by atoms with Crippen molar-refractivity contribution in [1.82, 2.24) is 14.5 Å². The highest BCUT2D eigenvalue weighted by molar-refractivity contribution is 8.00. The van der Waals surface area contributed by atoms with E-state index >= 15 is 0 Å². The molecule has 1 aliphatic heterocycles. The van der Waals surface area contributed by atoms with Crippen molar-refractivity contribution in [2.75, 3.05) is 12.8 Å². The van der Waals surface area contributed by atoms with Gasteiger partial charge in [0.2, 0.25) is 0 Å². The van der Waals surface area contributed by atoms with Crippen LogP contribution in [0.5, 0.6) is 5.75 Å². The number of hydrogen-bond donors (Lipinski definition) is 0. The van der Waals surface area contributed by atoms with E-state index in [0.717, 1.165) is 15.6 Å². The first-order valence-electron chi connectivity index (χ1n) is 9.53. The van der Waals surface area contributed by atoms with Gasteiger partial charge in [0.15, 0.2) is 0 Å². The van der Waals surface area contributed by atoms with Gasteiger partial charge in [-0.15, -0.1) is 24.5 Å². The summed E-state index contributed by atoms with van der Waals surface area (Å²) in [5.41, 5.74) is 2.61. The number of rotatable bonds is 4. The average molecular weight is 482 g/mol. The molecule has 0 spiro atoms. The lowest BCUT2D eigenvalue weighted by molar-refractivity contribution is -0.274. The minimum atomic E-state index is -4.78. The zero-order valence-corrected chi connectivity index (χ0v) is 18.7. The maximum atomic E-state index is 12.9. The lowest BCUT2D eigenvalue weighted by atomic mass is 9.99. The molecule has 0 saturated carbocycles. The monoisotopic (exact) mass is 481 g/mol. The summed E-state index contributed by atoms with van der Waals surface area (Å²) in [4.78, 5) is 31.8. The Bertz CT molecular complexity index is 1220. The van der Waals surface area contributed by atoms with Gasteiger partial charge in [-0.1, -0.05) is 23.9 Å². The summed E-state index contributed by atoms with van der Waals surface area (Å²) >= 11 is 2.89. The second-order valence-corrected chi connectivity index (χ2v) is 9.06. The van der Waals surface area contributed by atoms with Crippen molar-refractivity contribution >= 4 is 29.0 Å². The number of thiazole rings is 1. The van der Waals surface area contributed by atoms with Crippen molar-refractivity contribution in [3.63, 3.8) is 0 Å². The quantitative estimate of drug-likeness (QED) is 0.519. The second kappa shape index (κ2) is 8.62. The molecule has 1 aromatic carbocycles. The summed E-state index contributed by atoms with van der Waals surface area (Å²) in [6.45, 7) is 0.782. The Kier molecular flexibility index (Phi) is 6.04. The van der Waals surface area contributed by atoms with Crippen molar-refractivity contribution in [2.24, 2.45) is 7.05 Å². The van der Waals surface area contributed by atoms with E-state index in [-0.39, 0.29) is 17.2 Å². The summed E-state index contributed by atoms with van der Waals surface area (Å²) in [7, 11) is 1.66. The van der Waals surface area contributed by atoms with Gasteiger partial charge in [-0.05, 0) is 35.6 Å². The van der Waals surface area contributed by atoms with Crippen LogP contribution >= 0.6 is 23.1 Å². The van der Waals surface area contributed by atoms with E-state index in [1.165, 1.54) is 47.4 Å². The van der Waals surface area contributed by atoms with Crippen LogP contribution in [0.1, 0.15) is 21.7 Å². The molecule has 3 heterocycles. The Labute approximate surface area is 189 Å². The van der Waals surface area contributed by atoms with Gasteiger partial charge < -0.3 is 14.2 Å². The number of amides is 1. The Balaban J connectivity index is 1.63. The lowest BCUT2D eigenvalue weighted by Crippen LogP contribution is -2.39. The number of thioether (sulfide) groups is 1. The molecule has 0 bridgehead atoms. The van der Waals surface area contributed by atoms with Crippen molar-refractivity contribution in [3.8, 4) is 16.9 Å². The van der Waals surface area contributed by atoms with Crippen molar-refractivity contribution < 1.29 is 22.7 Å². The van der Waals surface area contributed by atoms with Gasteiger partial charge in [-0.3, -0.25) is 9.59 Å². The first-order valence-corrected chi connectivity index (χ1v) is 11.6. The van der Waals surface area contributed by atoms with E-state index in [4.69, 9.17) is 0 Å². The van der Waals surface area contributed by atoms with Crippen LogP contribution in [0.25, 0.3) is 11.1 Å². The van der Waals surface area contributed by atoms with E-state index in [1.54, 1.807) is 28.0 Å². The van der Waals surface area contributed by atoms with Crippen LogP contribution in [0.3, 0.4) is 0 Å². The largest absolute Gasteiger partial charge is 0.573 e. The number of fused-ring (bicyclic) bond motifs is 1. The van der Waals surface area contributed by atoms with Gasteiger partial charge in [0, 0.05) is 43.2 Å². The standard InChI is InChI=1S/C21H18F3N3O3S2/c1-26-17-7-8-27(19(29)16-11-32-20(25-16)31-2)10-13(17)9-15(18(26)28)12-3-5-14(6-4-12)30-21(22,23)24/h3-6,9,11H,7-8,10H2,1-2H3. The van der Waals surface area contributed by atoms with Crippen LogP contribution in [0.15, 0.2) is 44.8 Å². The molecule has 168 valence electrons. The molecule has 1 aliphatic rings. The number of nitrogens with zero attached hydrogens (tertiary/aromatic N) is 3. The fourth-order valence-corrected chi connectivity index (χ4v) is 4.89. The third kappa shape index (κ3) is 4.53. The van der Waals surface area contributed by atoms with Crippen molar-refractivity contribution in [3.05, 3.63) is 63.0 Å². The van der Waals surface area contributed by atoms with Gasteiger partial charge >= 0.3 is 6.36 Å². The molecule has 0 aliphatic carbocycles. The van der Waals surface area contributed by atoms with Crippen molar-refractivity contribution in [2.45, 2.75) is 23.7 Å². The van der Waals surface area contributed by atoms with Crippen LogP contribution in [0.2, 0.25) is 0 Å². The number of carbonyl (C=O) groups is 1. The molecule has 0 unspecified atom stereocenters. The van der Waals surface area contributed by atoms with Gasteiger partial charge in [-0.2, -0.15) is 0 Å². The molecule has 2 aromatic heterocycles. The normalized spacial score (nSPS) is 13.7. The molecule has 0 fully saturated rings. The zero-order valence-electron chi connectivity index (χ0n) is 17.1. The highest BCUT2D eigenvalue weighted by Crippen LogP contribution is 2.28. The Hall–Kier alpha value is -2.79. The fourth-order valence-electron chi connectivity index (χ4n) is 3.66. The van der Waals surface area contributed by atoms with Gasteiger partial charge in [-0.25, -0.2) is 4.98 Å². The maximum Gasteiger partial charge on any atom is 0.573 e. The molecule has 6 nitrogen and oxygen atoms in total. The molecule has 4 rings (SSSR count). The summed E-state index contributed by atoms with van der Waals surface area (Å²) < 4.78 is 43.5. The average Bonchev–Trinajstić information content (AvgIpc) is 3.24. The number of ether oxygens (including phenoxy) is 1. The number of aromatic nitrogens is 2. The summed E-state index contributed by atoms with van der Waals surface area (Å²) in [6.07, 6.45) is -2.37. The van der Waals surface area contributed by atoms with Crippen LogP contribution in [-0.2, 0) is 20.0 Å². The SMILES string of the molecule is CSc1nc(C(=O)N2CCc3c(cc(-c4ccc(OC(F)(F)F)cc4)c(=O)n3C)C2)cs1. The van der Waals surface area contributed by atoms with Crippen LogP contribution in [-0.4, -0.2) is 39.5 Å². The summed E-state index contributed by atoms with van der Waals surface area (Å²) in [5.74, 6) is -0.531. The first-order chi connectivity index (χ1) is 15.2. The molecule has 3 aromatic rings. The highest BCUT2D eigenvalue weighted by Gasteiger charge is 2.31. The molecule has 11 heteroatoms. The minimum Gasteiger partial charge on any atom is -0.406 e. The molecule has 0 radical (unpaired) electrons. The molecule has 1 amide bonds. The second-order valence-electron chi connectivity index (χ2n) is 7.15. The smallest absolute Gasteiger partial charge is 0.406 e. The number of benzene rings is 1. The predicted molar refractivity (Wildman–Crippen MR) is 116 cm³/mol. The van der Waals surface area contributed by atoms with E-state index in [9.17, 15) is 22.8 Å². The van der Waals surface area contributed by atoms with E-state index in [0.29, 0.717) is 36.3 Å². The topological polar surface area (TPSA) is 64.4 Å². The number of hydrogen-bond acceptors (Lipinski definition) is 6. The zero-order chi connectivity index (χ0) is 23.0. The third-order valence-corrected chi connectivity index (χ3v) is 7.04. The molecule has 0 atom stereocenters. The third-order valence-electron chi connectivity index (χ3n) is 5.17. The lowest BCUT2D eigenvalue weighted by Gasteiger charge is -2.30. The fraction of sp³-hybridized carbons (Fsp3) is 0.286. The number of alkyl halides is 3. The van der Waals surface area contributed by atoms with E-state index in [2.05, 4.69) is 9.72 Å². The Morgan fingerprint density at radius 3 is 2.59 bits per heavy atom. The first kappa shape index (κ1) is 22.4. The van der Waals surface area contributed by atoms with Crippen molar-refractivity contribution in [1.29, 1.82) is 0 Å². The van der Waals surface area contributed by atoms with Crippen LogP contribution in [0, 0.1) is 0 Å². The molecular formula is C21H18F3N3O3S2. The molecule has 0 N–H and O–H groups in total. The molecular weight excluding hydrogens is 463 g/mol. The summed E-state index contributed by atoms with van der Waals surface area (Å²) in [5, 5.41) is 1.74. The van der Waals surface area contributed by atoms with Crippen LogP contribution in [0.4, 0.5) is 13.2 Å². The van der Waals surface area contributed by atoms with E-state index < -0.39 is 6.36 Å². The Morgan fingerprint density at radius 1 is 1.25 bits per heavy atom. The highest BCUT2D eigenvalue weighted by atomic mass is 32.2.